The molecule has 0 amide bonds. The summed E-state index contributed by atoms with van der Waals surface area (Å²) in [4.78, 5) is 16.1. The fraction of sp³-hybridized carbons (Fsp3) is 0. The smallest absolute Gasteiger partial charge is 0.238 e. The Morgan fingerprint density at radius 3 is 1.69 bits per heavy atom. The summed E-state index contributed by atoms with van der Waals surface area (Å²) in [5.74, 6) is 1.78. The highest BCUT2D eigenvalue weighted by Crippen LogP contribution is 2.41. The van der Waals surface area contributed by atoms with Gasteiger partial charge in [-0.2, -0.15) is 9.97 Å². The number of hydrogen-bond donors (Lipinski definition) is 0. The van der Waals surface area contributed by atoms with Crippen LogP contribution in [0.4, 0.5) is 0 Å². The Bertz CT molecular complexity index is 3540. The Balaban J connectivity index is 1.22. The Labute approximate surface area is 348 Å². The molecule has 11 rings (SSSR count). The van der Waals surface area contributed by atoms with E-state index in [1.54, 1.807) is 0 Å². The molecule has 0 spiro atoms. The van der Waals surface area contributed by atoms with Crippen molar-refractivity contribution in [2.75, 3.05) is 0 Å². The zero-order chi connectivity index (χ0) is 40.4. The van der Waals surface area contributed by atoms with Gasteiger partial charge in [-0.1, -0.05) is 118 Å². The summed E-state index contributed by atoms with van der Waals surface area (Å²) < 4.78 is 15.4. The molecule has 7 aromatic carbocycles. The van der Waals surface area contributed by atoms with Crippen molar-refractivity contribution < 1.29 is 8.83 Å². The van der Waals surface area contributed by atoms with Crippen LogP contribution in [0.25, 0.3) is 106 Å². The van der Waals surface area contributed by atoms with Crippen molar-refractivity contribution in [2.24, 2.45) is 0 Å². The number of fused-ring (bicyclic) bond motifs is 9. The van der Waals surface area contributed by atoms with Gasteiger partial charge in [0, 0.05) is 49.3 Å². The van der Waals surface area contributed by atoms with Crippen molar-refractivity contribution in [3.05, 3.63) is 109 Å². The molecule has 0 unspecified atom stereocenters. The second kappa shape index (κ2) is 13.0. The predicted octanol–water partition coefficient (Wildman–Crippen LogP) is -2.16. The molecule has 0 aliphatic rings. The van der Waals surface area contributed by atoms with Gasteiger partial charge in [-0.25, -0.2) is 4.98 Å². The molecule has 4 heterocycles. The van der Waals surface area contributed by atoms with Crippen molar-refractivity contribution in [1.82, 2.24) is 19.5 Å². The van der Waals surface area contributed by atoms with Gasteiger partial charge < -0.3 is 8.83 Å². The Kier molecular flexibility index (Phi) is 7.84. The topological polar surface area (TPSA) is 69.9 Å². The quantitative estimate of drug-likeness (QED) is 0.192. The van der Waals surface area contributed by atoms with Gasteiger partial charge in [-0.3, -0.25) is 4.57 Å². The molecule has 0 aliphatic heterocycles. The number of aromatic nitrogens is 4. The summed E-state index contributed by atoms with van der Waals surface area (Å²) in [5.41, 5.74) is 19.7. The van der Waals surface area contributed by atoms with Crippen molar-refractivity contribution >= 4 is 172 Å². The molecule has 270 valence electrons. The first kappa shape index (κ1) is 35.6. The van der Waals surface area contributed by atoms with Crippen LogP contribution >= 0.6 is 0 Å². The second-order valence-corrected chi connectivity index (χ2v) is 16.2. The standard InChI is InChI=1S/C45H34B8N4O2/c46-32-30-31-33(47)35(49)37(51)39(53)41(31)57(40(30)38(52)36(50)34(32)48)45-55-43(19-8-2-1-3-9-19)54-44(56-45)24-13-7-15-28-29(24)25-18-20(16-17-27(25)58-28)21-11-6-12-23-22-10-4-5-14-26(22)59-42(21)23/h1-18H,46-53H2. The van der Waals surface area contributed by atoms with E-state index in [9.17, 15) is 0 Å². The SMILES string of the molecule is Bc1c(B)c(B)c2c(c1B)c1c(B)c(B)c(B)c(B)c1n2-c1nc(-c2ccccc2)nc(-c2cccc3oc4ccc(-c5cccc6c5oc5ccccc56)cc4c23)n1. The van der Waals surface area contributed by atoms with Crippen LogP contribution in [-0.2, 0) is 0 Å². The molecular formula is C45H34B8N4O2. The molecule has 6 nitrogen and oxygen atoms in total. The third kappa shape index (κ3) is 5.08. The minimum Gasteiger partial charge on any atom is -0.456 e. The summed E-state index contributed by atoms with van der Waals surface area (Å²) in [5, 5.41) is 6.67. The summed E-state index contributed by atoms with van der Waals surface area (Å²) >= 11 is 0. The molecule has 4 aromatic heterocycles. The summed E-state index contributed by atoms with van der Waals surface area (Å²) in [6, 6.07) is 37.4. The van der Waals surface area contributed by atoms with E-state index in [1.807, 2.05) is 42.5 Å². The van der Waals surface area contributed by atoms with Crippen LogP contribution in [-0.4, -0.2) is 82.3 Å². The summed E-state index contributed by atoms with van der Waals surface area (Å²) in [6.07, 6.45) is 0. The molecule has 14 heteroatoms. The highest BCUT2D eigenvalue weighted by molar-refractivity contribution is 6.71. The van der Waals surface area contributed by atoms with E-state index in [0.29, 0.717) is 17.6 Å². The van der Waals surface area contributed by atoms with Crippen molar-refractivity contribution in [3.8, 4) is 39.9 Å². The number of para-hydroxylation sites is 2. The molecule has 0 saturated heterocycles. The van der Waals surface area contributed by atoms with Gasteiger partial charge in [0.05, 0.1) is 0 Å². The first-order chi connectivity index (χ1) is 28.6. The molecule has 0 N–H and O–H groups in total. The van der Waals surface area contributed by atoms with Crippen molar-refractivity contribution in [3.63, 3.8) is 0 Å². The van der Waals surface area contributed by atoms with E-state index in [-0.39, 0.29) is 0 Å². The van der Waals surface area contributed by atoms with E-state index in [0.717, 1.165) is 77.2 Å². The maximum Gasteiger partial charge on any atom is 0.238 e. The van der Waals surface area contributed by atoms with Crippen LogP contribution in [0, 0.1) is 0 Å². The third-order valence-electron chi connectivity index (χ3n) is 13.3. The minimum atomic E-state index is 0.582. The normalized spacial score (nSPS) is 11.9. The molecule has 0 bridgehead atoms. The maximum atomic E-state index is 6.58. The Hall–Kier alpha value is -6.53. The minimum absolute atomic E-state index is 0.582. The van der Waals surface area contributed by atoms with Crippen LogP contribution in [0.1, 0.15) is 0 Å². The fourth-order valence-electron chi connectivity index (χ4n) is 9.52. The number of hydrogen-bond acceptors (Lipinski definition) is 5. The van der Waals surface area contributed by atoms with Crippen molar-refractivity contribution in [1.29, 1.82) is 0 Å². The van der Waals surface area contributed by atoms with Crippen LogP contribution in [0.3, 0.4) is 0 Å². The Morgan fingerprint density at radius 1 is 0.390 bits per heavy atom. The predicted molar refractivity (Wildman–Crippen MR) is 270 cm³/mol. The van der Waals surface area contributed by atoms with Gasteiger partial charge in [-0.05, 0) is 40.6 Å². The highest BCUT2D eigenvalue weighted by Gasteiger charge is 2.26. The lowest BCUT2D eigenvalue weighted by atomic mass is 9.63. The molecule has 11 aromatic rings. The molecule has 0 fully saturated rings. The Morgan fingerprint density at radius 2 is 0.966 bits per heavy atom. The lowest BCUT2D eigenvalue weighted by molar-refractivity contribution is 0.668. The highest BCUT2D eigenvalue weighted by atomic mass is 16.3. The number of furan rings is 2. The lowest BCUT2D eigenvalue weighted by Gasteiger charge is -2.17. The van der Waals surface area contributed by atoms with Crippen LogP contribution < -0.4 is 43.7 Å². The molecular weight excluding hydrogens is 715 g/mol. The average molecular weight is 749 g/mol. The second-order valence-electron chi connectivity index (χ2n) is 16.2. The molecule has 0 aliphatic carbocycles. The van der Waals surface area contributed by atoms with Gasteiger partial charge in [-0.15, -0.1) is 10.9 Å². The number of benzene rings is 7. The monoisotopic (exact) mass is 750 g/mol. The number of nitrogens with zero attached hydrogens (tertiary/aromatic N) is 4. The largest absolute Gasteiger partial charge is 0.456 e. The van der Waals surface area contributed by atoms with Gasteiger partial charge in [0.1, 0.15) is 85.1 Å². The van der Waals surface area contributed by atoms with Crippen molar-refractivity contribution in [2.45, 2.75) is 0 Å². The van der Waals surface area contributed by atoms with E-state index in [2.05, 4.69) is 134 Å². The zero-order valence-corrected chi connectivity index (χ0v) is 34.5. The van der Waals surface area contributed by atoms with Crippen LogP contribution in [0.5, 0.6) is 0 Å². The lowest BCUT2D eigenvalue weighted by Crippen LogP contribution is -2.49. The molecule has 59 heavy (non-hydrogen) atoms. The fourth-order valence-corrected chi connectivity index (χ4v) is 9.52. The van der Waals surface area contributed by atoms with E-state index >= 15 is 0 Å². The van der Waals surface area contributed by atoms with E-state index in [4.69, 9.17) is 23.8 Å². The van der Waals surface area contributed by atoms with E-state index < -0.39 is 0 Å². The molecule has 0 atom stereocenters. The van der Waals surface area contributed by atoms with Gasteiger partial charge in [0.25, 0.3) is 0 Å². The zero-order valence-electron chi connectivity index (χ0n) is 34.5. The van der Waals surface area contributed by atoms with Crippen LogP contribution in [0.15, 0.2) is 118 Å². The number of rotatable bonds is 4. The van der Waals surface area contributed by atoms with Gasteiger partial charge >= 0.3 is 0 Å². The van der Waals surface area contributed by atoms with E-state index in [1.165, 1.54) is 54.5 Å². The molecule has 0 radical (unpaired) electrons. The molecule has 0 saturated carbocycles. The van der Waals surface area contributed by atoms with Gasteiger partial charge in [0.15, 0.2) is 11.6 Å². The summed E-state index contributed by atoms with van der Waals surface area (Å²) in [7, 11) is 18.0. The van der Waals surface area contributed by atoms with Crippen LogP contribution in [0.2, 0.25) is 0 Å². The maximum absolute atomic E-state index is 6.58. The van der Waals surface area contributed by atoms with Gasteiger partial charge in [0.2, 0.25) is 5.95 Å². The summed E-state index contributed by atoms with van der Waals surface area (Å²) in [6.45, 7) is 0. The first-order valence-corrected chi connectivity index (χ1v) is 20.3. The average Bonchev–Trinajstić information content (AvgIpc) is 3.96. The third-order valence-corrected chi connectivity index (χ3v) is 13.3. The first-order valence-electron chi connectivity index (χ1n) is 20.3.